The second-order valence-corrected chi connectivity index (χ2v) is 12.7. The van der Waals surface area contributed by atoms with Crippen LogP contribution in [0.25, 0.3) is 0 Å². The monoisotopic (exact) mass is 522 g/mol. The molecular weight excluding hydrogens is 484 g/mol. The number of carbonyl (C=O) groups excluding carboxylic acids is 1. The summed E-state index contributed by atoms with van der Waals surface area (Å²) >= 11 is 6.53. The number of amides is 1. The van der Waals surface area contributed by atoms with Gasteiger partial charge < -0.3 is 15.3 Å². The summed E-state index contributed by atoms with van der Waals surface area (Å²) < 4.78 is 0. The van der Waals surface area contributed by atoms with Crippen LogP contribution in [0.1, 0.15) is 75.6 Å². The van der Waals surface area contributed by atoms with E-state index in [1.54, 1.807) is 4.90 Å². The first-order valence-corrected chi connectivity index (χ1v) is 14.2. The Kier molecular flexibility index (Phi) is 7.39. The molecule has 2 aromatic rings. The Labute approximate surface area is 225 Å². The zero-order valence-corrected chi connectivity index (χ0v) is 22.9. The molecule has 2 aromatic carbocycles. The van der Waals surface area contributed by atoms with Crippen molar-refractivity contribution in [2.75, 3.05) is 0 Å². The Morgan fingerprint density at radius 3 is 2.30 bits per heavy atom. The van der Waals surface area contributed by atoms with Gasteiger partial charge in [-0.25, -0.2) is 4.79 Å². The summed E-state index contributed by atoms with van der Waals surface area (Å²) in [6.07, 6.45) is 6.55. The van der Waals surface area contributed by atoms with Crippen LogP contribution in [0.5, 0.6) is 0 Å². The van der Waals surface area contributed by atoms with Crippen molar-refractivity contribution in [2.24, 2.45) is 17.3 Å². The molecule has 0 aromatic heterocycles. The fourth-order valence-electron chi connectivity index (χ4n) is 7.24. The molecule has 1 amide bonds. The van der Waals surface area contributed by atoms with Gasteiger partial charge in [0.15, 0.2) is 0 Å². The fourth-order valence-corrected chi connectivity index (χ4v) is 7.51. The van der Waals surface area contributed by atoms with Crippen molar-refractivity contribution in [3.05, 3.63) is 70.2 Å². The third-order valence-corrected chi connectivity index (χ3v) is 9.18. The van der Waals surface area contributed by atoms with Crippen LogP contribution in [0.15, 0.2) is 48.5 Å². The van der Waals surface area contributed by atoms with Crippen LogP contribution in [0, 0.1) is 17.3 Å². The molecular formula is C31H39ClN2O3. The summed E-state index contributed by atoms with van der Waals surface area (Å²) in [4.78, 5) is 29.0. The standard InChI is InChI=1S/C31H39ClN2O3/c1-31(2,3)25-26(33-22-17-21-15-10-16-24(32)23(21)18-22)27(19-11-6-4-7-12-19)34(28(25)30(36)37)29(35)20-13-8-5-9-14-20/h4,6-7,10-12,15-16,20,22,25-28,33H,5,8-9,13-14,17-18H2,1-3H3,(H,36,37)/t22?,25-,26-,27?,28-/m0/s1. The first-order valence-electron chi connectivity index (χ1n) is 13.8. The number of likely N-dealkylation sites (tertiary alicyclic amines) is 1. The number of aliphatic carboxylic acids is 1. The highest BCUT2D eigenvalue weighted by molar-refractivity contribution is 6.31. The first-order chi connectivity index (χ1) is 17.7. The minimum Gasteiger partial charge on any atom is -0.480 e. The third kappa shape index (κ3) is 5.05. The molecule has 2 fully saturated rings. The summed E-state index contributed by atoms with van der Waals surface area (Å²) in [6, 6.07) is 14.8. The predicted octanol–water partition coefficient (Wildman–Crippen LogP) is 6.04. The van der Waals surface area contributed by atoms with Crippen molar-refractivity contribution in [1.82, 2.24) is 10.2 Å². The number of rotatable bonds is 5. The lowest BCUT2D eigenvalue weighted by molar-refractivity contribution is -0.154. The normalized spacial score (nSPS) is 28.3. The van der Waals surface area contributed by atoms with Gasteiger partial charge in [-0.15, -0.1) is 0 Å². The van der Waals surface area contributed by atoms with Crippen LogP contribution in [-0.4, -0.2) is 40.0 Å². The Morgan fingerprint density at radius 1 is 0.973 bits per heavy atom. The predicted molar refractivity (Wildman–Crippen MR) is 147 cm³/mol. The highest BCUT2D eigenvalue weighted by Crippen LogP contribution is 2.49. The van der Waals surface area contributed by atoms with Crippen molar-refractivity contribution in [3.8, 4) is 0 Å². The summed E-state index contributed by atoms with van der Waals surface area (Å²) in [5.74, 6) is -1.26. The van der Waals surface area contributed by atoms with E-state index in [-0.39, 0.29) is 41.3 Å². The maximum absolute atomic E-state index is 14.2. The molecule has 0 bridgehead atoms. The minimum absolute atomic E-state index is 0.0113. The van der Waals surface area contributed by atoms with E-state index in [0.717, 1.165) is 55.5 Å². The summed E-state index contributed by atoms with van der Waals surface area (Å²) in [5.41, 5.74) is 3.08. The van der Waals surface area contributed by atoms with Gasteiger partial charge in [0.2, 0.25) is 5.91 Å². The molecule has 37 heavy (non-hydrogen) atoms. The van der Waals surface area contributed by atoms with Gasteiger partial charge in [0, 0.05) is 28.9 Å². The molecule has 2 unspecified atom stereocenters. The van der Waals surface area contributed by atoms with Crippen molar-refractivity contribution in [2.45, 2.75) is 89.9 Å². The highest BCUT2D eigenvalue weighted by atomic mass is 35.5. The largest absolute Gasteiger partial charge is 0.480 e. The van der Waals surface area contributed by atoms with E-state index < -0.39 is 12.0 Å². The molecule has 2 N–H and O–H groups in total. The second kappa shape index (κ2) is 10.4. The van der Waals surface area contributed by atoms with Gasteiger partial charge in [0.25, 0.3) is 0 Å². The lowest BCUT2D eigenvalue weighted by atomic mass is 9.72. The molecule has 1 saturated heterocycles. The molecule has 0 radical (unpaired) electrons. The molecule has 1 saturated carbocycles. The van der Waals surface area contributed by atoms with E-state index in [4.69, 9.17) is 11.6 Å². The first kappa shape index (κ1) is 26.2. The molecule has 0 spiro atoms. The van der Waals surface area contributed by atoms with Gasteiger partial charge in [-0.05, 0) is 53.9 Å². The quantitative estimate of drug-likeness (QED) is 0.502. The van der Waals surface area contributed by atoms with Gasteiger partial charge in [-0.1, -0.05) is 94.1 Å². The molecule has 6 heteroatoms. The minimum atomic E-state index is -0.910. The number of nitrogens with one attached hydrogen (secondary N) is 1. The number of hydrogen-bond acceptors (Lipinski definition) is 3. The van der Waals surface area contributed by atoms with Crippen molar-refractivity contribution in [1.29, 1.82) is 0 Å². The molecule has 5 rings (SSSR count). The number of halogens is 1. The Morgan fingerprint density at radius 2 is 1.68 bits per heavy atom. The average Bonchev–Trinajstić information content (AvgIpc) is 3.44. The van der Waals surface area contributed by atoms with E-state index >= 15 is 0 Å². The zero-order chi connectivity index (χ0) is 26.3. The van der Waals surface area contributed by atoms with Crippen molar-refractivity contribution < 1.29 is 14.7 Å². The van der Waals surface area contributed by atoms with Crippen molar-refractivity contribution >= 4 is 23.5 Å². The van der Waals surface area contributed by atoms with E-state index in [9.17, 15) is 14.7 Å². The van der Waals surface area contributed by atoms with Gasteiger partial charge in [0.05, 0.1) is 6.04 Å². The summed E-state index contributed by atoms with van der Waals surface area (Å²) in [6.45, 7) is 6.33. The molecule has 5 atom stereocenters. The third-order valence-electron chi connectivity index (χ3n) is 8.83. The maximum atomic E-state index is 14.2. The summed E-state index contributed by atoms with van der Waals surface area (Å²) in [5, 5.41) is 15.4. The van der Waals surface area contributed by atoms with E-state index in [0.29, 0.717) is 0 Å². The van der Waals surface area contributed by atoms with Crippen LogP contribution in [0.4, 0.5) is 0 Å². The Bertz CT molecular complexity index is 1140. The number of hydrogen-bond donors (Lipinski definition) is 2. The molecule has 198 valence electrons. The van der Waals surface area contributed by atoms with Crippen LogP contribution in [0.2, 0.25) is 5.02 Å². The smallest absolute Gasteiger partial charge is 0.326 e. The van der Waals surface area contributed by atoms with Gasteiger partial charge >= 0.3 is 5.97 Å². The number of benzene rings is 2. The SMILES string of the molecule is CC(C)(C)[C@H]1[C@H](NC2Cc3cccc(Cl)c3C2)C(c2ccccc2)N(C(=O)C2CCCCC2)[C@@H]1C(=O)O. The Hall–Kier alpha value is -2.37. The molecule has 1 aliphatic heterocycles. The number of fused-ring (bicyclic) bond motifs is 1. The lowest BCUT2D eigenvalue weighted by Crippen LogP contribution is -2.50. The lowest BCUT2D eigenvalue weighted by Gasteiger charge is -2.36. The number of carbonyl (C=O) groups is 2. The van der Waals surface area contributed by atoms with E-state index in [1.165, 1.54) is 11.1 Å². The van der Waals surface area contributed by atoms with E-state index in [1.807, 2.05) is 42.5 Å². The van der Waals surface area contributed by atoms with Crippen molar-refractivity contribution in [3.63, 3.8) is 0 Å². The molecule has 5 nitrogen and oxygen atoms in total. The fraction of sp³-hybridized carbons (Fsp3) is 0.548. The van der Waals surface area contributed by atoms with E-state index in [2.05, 4.69) is 32.2 Å². The zero-order valence-electron chi connectivity index (χ0n) is 22.1. The molecule has 2 aliphatic carbocycles. The topological polar surface area (TPSA) is 69.6 Å². The summed E-state index contributed by atoms with van der Waals surface area (Å²) in [7, 11) is 0. The van der Waals surface area contributed by atoms with Crippen LogP contribution < -0.4 is 5.32 Å². The number of carboxylic acids is 1. The molecule has 3 aliphatic rings. The molecule has 1 heterocycles. The van der Waals surface area contributed by atoms with Crippen LogP contribution in [-0.2, 0) is 22.4 Å². The van der Waals surface area contributed by atoms with Gasteiger partial charge in [0.1, 0.15) is 6.04 Å². The van der Waals surface area contributed by atoms with Crippen LogP contribution in [0.3, 0.4) is 0 Å². The average molecular weight is 523 g/mol. The number of carboxylic acid groups (broad SMARTS) is 1. The highest BCUT2D eigenvalue weighted by Gasteiger charge is 2.58. The second-order valence-electron chi connectivity index (χ2n) is 12.3. The van der Waals surface area contributed by atoms with Gasteiger partial charge in [-0.2, -0.15) is 0 Å². The maximum Gasteiger partial charge on any atom is 0.326 e. The Balaban J connectivity index is 1.57. The van der Waals surface area contributed by atoms with Crippen LogP contribution >= 0.6 is 11.6 Å². The van der Waals surface area contributed by atoms with Gasteiger partial charge in [-0.3, -0.25) is 4.79 Å². The number of nitrogens with zero attached hydrogens (tertiary/aromatic N) is 1.